The first-order valence-corrected chi connectivity index (χ1v) is 7.35. The molecular formula is C19H18N2O2. The predicted molar refractivity (Wildman–Crippen MR) is 91.0 cm³/mol. The normalized spacial score (nSPS) is 10.7. The number of benzene rings is 2. The first kappa shape index (κ1) is 16.3. The van der Waals surface area contributed by atoms with E-state index in [1.807, 2.05) is 62.4 Å². The van der Waals surface area contributed by atoms with Gasteiger partial charge in [0.2, 0.25) is 0 Å². The van der Waals surface area contributed by atoms with Gasteiger partial charge in [0, 0.05) is 11.3 Å². The molecule has 4 nitrogen and oxygen atoms in total. The molecule has 1 N–H and O–H groups in total. The number of hydrogen-bond acceptors (Lipinski definition) is 3. The number of carbonyl (C=O) groups excluding carboxylic acids is 1. The standard InChI is InChI=1S/C19H18N2O2/c1-3-23-18-10-5-4-8-15(18)12-16(13-20)19(22)21-17-9-6-7-14(2)11-17/h4-12H,3H2,1-2H3,(H,21,22)/b16-12+. The lowest BCUT2D eigenvalue weighted by Gasteiger charge is -2.08. The molecule has 1 amide bonds. The van der Waals surface area contributed by atoms with E-state index in [0.29, 0.717) is 23.6 Å². The second-order valence-corrected chi connectivity index (χ2v) is 4.96. The molecule has 0 unspecified atom stereocenters. The van der Waals surface area contributed by atoms with Crippen molar-refractivity contribution in [1.29, 1.82) is 5.26 Å². The molecule has 2 aromatic carbocycles. The van der Waals surface area contributed by atoms with E-state index in [1.54, 1.807) is 6.07 Å². The minimum atomic E-state index is -0.440. The van der Waals surface area contributed by atoms with E-state index in [1.165, 1.54) is 6.08 Å². The van der Waals surface area contributed by atoms with Crippen molar-refractivity contribution in [2.75, 3.05) is 11.9 Å². The molecular weight excluding hydrogens is 288 g/mol. The number of anilines is 1. The maximum Gasteiger partial charge on any atom is 0.266 e. The SMILES string of the molecule is CCOc1ccccc1/C=C(\C#N)C(=O)Nc1cccc(C)c1. The summed E-state index contributed by atoms with van der Waals surface area (Å²) in [5, 5.41) is 12.0. The molecule has 0 radical (unpaired) electrons. The topological polar surface area (TPSA) is 62.1 Å². The second kappa shape index (κ2) is 7.81. The van der Waals surface area contributed by atoms with Crippen LogP contribution >= 0.6 is 0 Å². The van der Waals surface area contributed by atoms with Crippen LogP contribution in [0.2, 0.25) is 0 Å². The molecule has 0 heterocycles. The van der Waals surface area contributed by atoms with Gasteiger partial charge in [-0.3, -0.25) is 4.79 Å². The van der Waals surface area contributed by atoms with Crippen molar-refractivity contribution in [3.63, 3.8) is 0 Å². The van der Waals surface area contributed by atoms with Crippen molar-refractivity contribution in [1.82, 2.24) is 0 Å². The molecule has 0 aromatic heterocycles. The number of amides is 1. The zero-order valence-electron chi connectivity index (χ0n) is 13.2. The molecule has 116 valence electrons. The van der Waals surface area contributed by atoms with Gasteiger partial charge in [0.1, 0.15) is 17.4 Å². The third-order valence-corrected chi connectivity index (χ3v) is 3.16. The van der Waals surface area contributed by atoms with Gasteiger partial charge in [0.25, 0.3) is 5.91 Å². The first-order chi connectivity index (χ1) is 11.1. The minimum absolute atomic E-state index is 0.0265. The van der Waals surface area contributed by atoms with E-state index >= 15 is 0 Å². The summed E-state index contributed by atoms with van der Waals surface area (Å²) in [6, 6.07) is 16.7. The third kappa shape index (κ3) is 4.45. The predicted octanol–water partition coefficient (Wildman–Crippen LogP) is 3.94. The fraction of sp³-hybridized carbons (Fsp3) is 0.158. The van der Waals surface area contributed by atoms with Gasteiger partial charge in [0.05, 0.1) is 6.61 Å². The van der Waals surface area contributed by atoms with Crippen molar-refractivity contribution in [2.24, 2.45) is 0 Å². The summed E-state index contributed by atoms with van der Waals surface area (Å²) in [4.78, 5) is 12.3. The lowest BCUT2D eigenvalue weighted by Crippen LogP contribution is -2.13. The first-order valence-electron chi connectivity index (χ1n) is 7.35. The molecule has 0 saturated carbocycles. The Hall–Kier alpha value is -3.06. The Morgan fingerprint density at radius 3 is 2.74 bits per heavy atom. The molecule has 0 saturated heterocycles. The third-order valence-electron chi connectivity index (χ3n) is 3.16. The van der Waals surface area contributed by atoms with E-state index in [9.17, 15) is 10.1 Å². The maximum atomic E-state index is 12.3. The van der Waals surface area contributed by atoms with Crippen molar-refractivity contribution < 1.29 is 9.53 Å². The van der Waals surface area contributed by atoms with Crippen LogP contribution < -0.4 is 10.1 Å². The van der Waals surface area contributed by atoms with E-state index in [-0.39, 0.29) is 5.57 Å². The fourth-order valence-electron chi connectivity index (χ4n) is 2.11. The van der Waals surface area contributed by atoms with Crippen LogP contribution in [-0.2, 0) is 4.79 Å². The molecule has 4 heteroatoms. The monoisotopic (exact) mass is 306 g/mol. The van der Waals surface area contributed by atoms with Crippen LogP contribution in [0.5, 0.6) is 5.75 Å². The number of nitrogens with zero attached hydrogens (tertiary/aromatic N) is 1. The van der Waals surface area contributed by atoms with E-state index < -0.39 is 5.91 Å². The molecule has 0 spiro atoms. The van der Waals surface area contributed by atoms with Gasteiger partial charge in [-0.05, 0) is 43.7 Å². The second-order valence-electron chi connectivity index (χ2n) is 4.96. The van der Waals surface area contributed by atoms with Gasteiger partial charge < -0.3 is 10.1 Å². The lowest BCUT2D eigenvalue weighted by atomic mass is 10.1. The maximum absolute atomic E-state index is 12.3. The minimum Gasteiger partial charge on any atom is -0.493 e. The zero-order chi connectivity index (χ0) is 16.7. The number of nitriles is 1. The summed E-state index contributed by atoms with van der Waals surface area (Å²) in [6.07, 6.45) is 1.54. The van der Waals surface area contributed by atoms with Crippen LogP contribution in [0.15, 0.2) is 54.1 Å². The van der Waals surface area contributed by atoms with Crippen LogP contribution in [0.1, 0.15) is 18.1 Å². The number of aryl methyl sites for hydroxylation is 1. The van der Waals surface area contributed by atoms with E-state index in [4.69, 9.17) is 4.74 Å². The quantitative estimate of drug-likeness (QED) is 0.672. The Labute approximate surface area is 136 Å². The zero-order valence-corrected chi connectivity index (χ0v) is 13.2. The Morgan fingerprint density at radius 1 is 1.26 bits per heavy atom. The number of nitrogens with one attached hydrogen (secondary N) is 1. The van der Waals surface area contributed by atoms with E-state index in [0.717, 1.165) is 5.56 Å². The summed E-state index contributed by atoms with van der Waals surface area (Å²) in [7, 11) is 0. The summed E-state index contributed by atoms with van der Waals surface area (Å²) in [5.74, 6) is 0.204. The van der Waals surface area contributed by atoms with Crippen LogP contribution in [0, 0.1) is 18.3 Å². The Morgan fingerprint density at radius 2 is 2.04 bits per heavy atom. The Kier molecular flexibility index (Phi) is 5.54. The number of ether oxygens (including phenoxy) is 1. The van der Waals surface area contributed by atoms with Gasteiger partial charge in [-0.15, -0.1) is 0 Å². The number of rotatable bonds is 5. The van der Waals surface area contributed by atoms with Crippen molar-refractivity contribution >= 4 is 17.7 Å². The Bertz CT molecular complexity index is 773. The van der Waals surface area contributed by atoms with Crippen LogP contribution in [0.25, 0.3) is 6.08 Å². The molecule has 23 heavy (non-hydrogen) atoms. The number of hydrogen-bond donors (Lipinski definition) is 1. The number of para-hydroxylation sites is 1. The summed E-state index contributed by atoms with van der Waals surface area (Å²) in [5.41, 5.74) is 2.42. The molecule has 0 bridgehead atoms. The smallest absolute Gasteiger partial charge is 0.266 e. The molecule has 0 fully saturated rings. The van der Waals surface area contributed by atoms with E-state index in [2.05, 4.69) is 5.32 Å². The van der Waals surface area contributed by atoms with Crippen LogP contribution in [0.3, 0.4) is 0 Å². The lowest BCUT2D eigenvalue weighted by molar-refractivity contribution is -0.112. The Balaban J connectivity index is 2.25. The van der Waals surface area contributed by atoms with Gasteiger partial charge in [-0.2, -0.15) is 5.26 Å². The van der Waals surface area contributed by atoms with Crippen molar-refractivity contribution in [3.05, 3.63) is 65.2 Å². The molecule has 0 aliphatic rings. The average molecular weight is 306 g/mol. The molecule has 2 aromatic rings. The summed E-state index contributed by atoms with van der Waals surface area (Å²) in [6.45, 7) is 4.34. The molecule has 0 aliphatic heterocycles. The summed E-state index contributed by atoms with van der Waals surface area (Å²) < 4.78 is 5.51. The molecule has 0 aliphatic carbocycles. The van der Waals surface area contributed by atoms with Crippen molar-refractivity contribution in [3.8, 4) is 11.8 Å². The summed E-state index contributed by atoms with van der Waals surface area (Å²) >= 11 is 0. The van der Waals surface area contributed by atoms with Crippen LogP contribution in [-0.4, -0.2) is 12.5 Å². The largest absolute Gasteiger partial charge is 0.493 e. The van der Waals surface area contributed by atoms with Gasteiger partial charge in [-0.1, -0.05) is 30.3 Å². The highest BCUT2D eigenvalue weighted by Crippen LogP contribution is 2.21. The molecule has 0 atom stereocenters. The highest BCUT2D eigenvalue weighted by molar-refractivity contribution is 6.09. The highest BCUT2D eigenvalue weighted by atomic mass is 16.5. The average Bonchev–Trinajstić information content (AvgIpc) is 2.54. The fourth-order valence-corrected chi connectivity index (χ4v) is 2.11. The van der Waals surface area contributed by atoms with Crippen LogP contribution in [0.4, 0.5) is 5.69 Å². The van der Waals surface area contributed by atoms with Gasteiger partial charge in [0.15, 0.2) is 0 Å². The van der Waals surface area contributed by atoms with Gasteiger partial charge in [-0.25, -0.2) is 0 Å². The van der Waals surface area contributed by atoms with Gasteiger partial charge >= 0.3 is 0 Å². The number of carbonyl (C=O) groups is 1. The highest BCUT2D eigenvalue weighted by Gasteiger charge is 2.11. The molecule has 2 rings (SSSR count). The van der Waals surface area contributed by atoms with Crippen molar-refractivity contribution in [2.45, 2.75) is 13.8 Å².